The Labute approximate surface area is 152 Å². The molecule has 1 saturated heterocycles. The Bertz CT molecular complexity index is 761. The predicted molar refractivity (Wildman–Crippen MR) is 98.0 cm³/mol. The monoisotopic (exact) mass is 356 g/mol. The van der Waals surface area contributed by atoms with E-state index in [4.69, 9.17) is 4.52 Å². The van der Waals surface area contributed by atoms with Gasteiger partial charge >= 0.3 is 0 Å². The number of amides is 2. The zero-order chi connectivity index (χ0) is 18.5. The number of carbonyl (C=O) groups is 2. The van der Waals surface area contributed by atoms with E-state index in [1.807, 2.05) is 36.1 Å². The van der Waals surface area contributed by atoms with E-state index in [0.717, 1.165) is 24.2 Å². The molecule has 0 atom stereocenters. The van der Waals surface area contributed by atoms with E-state index in [9.17, 15) is 9.59 Å². The van der Waals surface area contributed by atoms with E-state index < -0.39 is 0 Å². The molecule has 26 heavy (non-hydrogen) atoms. The molecule has 0 spiro atoms. The Kier molecular flexibility index (Phi) is 5.68. The standard InChI is InChI=1S/C19H24N4O3/c1-14-3-5-16(6-4-14)19(25)23-11-9-22(10-12-23)8-7-18(24)20-17-13-15(2)26-21-17/h3-6,13H,7-12H2,1-2H3,(H,20,21,24). The Balaban J connectivity index is 1.41. The minimum Gasteiger partial charge on any atom is -0.360 e. The number of nitrogens with zero attached hydrogens (tertiary/aromatic N) is 3. The van der Waals surface area contributed by atoms with Crippen LogP contribution in [0.5, 0.6) is 0 Å². The first kappa shape index (κ1) is 18.1. The molecule has 7 heteroatoms. The molecule has 0 bridgehead atoms. The second-order valence-electron chi connectivity index (χ2n) is 6.62. The summed E-state index contributed by atoms with van der Waals surface area (Å²) in [7, 11) is 0. The van der Waals surface area contributed by atoms with Gasteiger partial charge < -0.3 is 14.7 Å². The van der Waals surface area contributed by atoms with Gasteiger partial charge in [0.1, 0.15) is 5.76 Å². The Morgan fingerprint density at radius 2 is 1.81 bits per heavy atom. The normalized spacial score (nSPS) is 15.1. The van der Waals surface area contributed by atoms with Crippen LogP contribution in [-0.2, 0) is 4.79 Å². The third-order valence-corrected chi connectivity index (χ3v) is 4.51. The van der Waals surface area contributed by atoms with Crippen LogP contribution in [0.4, 0.5) is 5.82 Å². The van der Waals surface area contributed by atoms with E-state index >= 15 is 0 Å². The summed E-state index contributed by atoms with van der Waals surface area (Å²) in [6, 6.07) is 9.35. The largest absolute Gasteiger partial charge is 0.360 e. The van der Waals surface area contributed by atoms with Crippen molar-refractivity contribution in [1.82, 2.24) is 15.0 Å². The minimum atomic E-state index is -0.0866. The van der Waals surface area contributed by atoms with Gasteiger partial charge in [-0.15, -0.1) is 0 Å². The highest BCUT2D eigenvalue weighted by Gasteiger charge is 2.22. The number of rotatable bonds is 5. The van der Waals surface area contributed by atoms with Crippen molar-refractivity contribution < 1.29 is 14.1 Å². The number of benzene rings is 1. The highest BCUT2D eigenvalue weighted by atomic mass is 16.5. The molecule has 3 rings (SSSR count). The van der Waals surface area contributed by atoms with Crippen molar-refractivity contribution in [3.63, 3.8) is 0 Å². The van der Waals surface area contributed by atoms with Crippen molar-refractivity contribution in [1.29, 1.82) is 0 Å². The molecule has 2 aromatic rings. The molecule has 1 aromatic heterocycles. The molecule has 0 aliphatic carbocycles. The molecule has 2 heterocycles. The fourth-order valence-corrected chi connectivity index (χ4v) is 2.94. The molecule has 1 N–H and O–H groups in total. The Hall–Kier alpha value is -2.67. The number of nitrogens with one attached hydrogen (secondary N) is 1. The van der Waals surface area contributed by atoms with Gasteiger partial charge in [0.15, 0.2) is 5.82 Å². The Morgan fingerprint density at radius 3 is 2.42 bits per heavy atom. The van der Waals surface area contributed by atoms with Gasteiger partial charge in [0, 0.05) is 50.8 Å². The number of aryl methyl sites for hydroxylation is 2. The molecule has 2 amide bonds. The first-order chi connectivity index (χ1) is 12.5. The Morgan fingerprint density at radius 1 is 1.12 bits per heavy atom. The topological polar surface area (TPSA) is 78.7 Å². The van der Waals surface area contributed by atoms with Gasteiger partial charge in [0.05, 0.1) is 0 Å². The van der Waals surface area contributed by atoms with Crippen LogP contribution in [0, 0.1) is 13.8 Å². The molecular formula is C19H24N4O3. The van der Waals surface area contributed by atoms with Crippen LogP contribution < -0.4 is 5.32 Å². The maximum absolute atomic E-state index is 12.5. The van der Waals surface area contributed by atoms with Crippen LogP contribution in [0.25, 0.3) is 0 Å². The molecule has 1 aliphatic heterocycles. The third kappa shape index (κ3) is 4.70. The first-order valence-electron chi connectivity index (χ1n) is 8.83. The number of aromatic nitrogens is 1. The van der Waals surface area contributed by atoms with Gasteiger partial charge in [-0.05, 0) is 26.0 Å². The van der Waals surface area contributed by atoms with Crippen LogP contribution in [-0.4, -0.2) is 59.5 Å². The SMILES string of the molecule is Cc1ccc(C(=O)N2CCN(CCC(=O)Nc3cc(C)on3)CC2)cc1. The number of carbonyl (C=O) groups excluding carboxylic acids is 2. The summed E-state index contributed by atoms with van der Waals surface area (Å²) in [4.78, 5) is 28.6. The lowest BCUT2D eigenvalue weighted by Crippen LogP contribution is -2.49. The summed E-state index contributed by atoms with van der Waals surface area (Å²) >= 11 is 0. The molecule has 1 aliphatic rings. The molecule has 7 nitrogen and oxygen atoms in total. The third-order valence-electron chi connectivity index (χ3n) is 4.51. The zero-order valence-electron chi connectivity index (χ0n) is 15.2. The lowest BCUT2D eigenvalue weighted by atomic mass is 10.1. The second-order valence-corrected chi connectivity index (χ2v) is 6.62. The second kappa shape index (κ2) is 8.14. The summed E-state index contributed by atoms with van der Waals surface area (Å²) in [5.41, 5.74) is 1.87. The lowest BCUT2D eigenvalue weighted by Gasteiger charge is -2.34. The van der Waals surface area contributed by atoms with Crippen molar-refractivity contribution in [2.45, 2.75) is 20.3 Å². The summed E-state index contributed by atoms with van der Waals surface area (Å²) in [6.07, 6.45) is 0.387. The van der Waals surface area contributed by atoms with Crippen molar-refractivity contribution in [2.75, 3.05) is 38.0 Å². The van der Waals surface area contributed by atoms with E-state index in [-0.39, 0.29) is 11.8 Å². The smallest absolute Gasteiger partial charge is 0.253 e. The molecule has 0 saturated carbocycles. The lowest BCUT2D eigenvalue weighted by molar-refractivity contribution is -0.116. The summed E-state index contributed by atoms with van der Waals surface area (Å²) in [6.45, 7) is 7.34. The zero-order valence-corrected chi connectivity index (χ0v) is 15.2. The average molecular weight is 356 g/mol. The predicted octanol–water partition coefficient (Wildman–Crippen LogP) is 2.08. The molecule has 1 fully saturated rings. The van der Waals surface area contributed by atoms with E-state index in [1.54, 1.807) is 13.0 Å². The maximum Gasteiger partial charge on any atom is 0.253 e. The van der Waals surface area contributed by atoms with Crippen molar-refractivity contribution in [2.24, 2.45) is 0 Å². The molecule has 138 valence electrons. The van der Waals surface area contributed by atoms with E-state index in [0.29, 0.717) is 37.6 Å². The van der Waals surface area contributed by atoms with Crippen molar-refractivity contribution in [3.05, 3.63) is 47.2 Å². The van der Waals surface area contributed by atoms with Gasteiger partial charge in [-0.3, -0.25) is 14.5 Å². The van der Waals surface area contributed by atoms with Crippen LogP contribution >= 0.6 is 0 Å². The van der Waals surface area contributed by atoms with E-state index in [1.165, 1.54) is 0 Å². The van der Waals surface area contributed by atoms with Crippen LogP contribution in [0.1, 0.15) is 28.1 Å². The van der Waals surface area contributed by atoms with Crippen molar-refractivity contribution >= 4 is 17.6 Å². The average Bonchev–Trinajstić information content (AvgIpc) is 3.05. The fourth-order valence-electron chi connectivity index (χ4n) is 2.94. The maximum atomic E-state index is 12.5. The van der Waals surface area contributed by atoms with Crippen molar-refractivity contribution in [3.8, 4) is 0 Å². The first-order valence-corrected chi connectivity index (χ1v) is 8.83. The van der Waals surface area contributed by atoms with Gasteiger partial charge in [0.2, 0.25) is 5.91 Å². The highest BCUT2D eigenvalue weighted by molar-refractivity contribution is 5.94. The van der Waals surface area contributed by atoms with E-state index in [2.05, 4.69) is 15.4 Å². The quantitative estimate of drug-likeness (QED) is 0.887. The fraction of sp³-hybridized carbons (Fsp3) is 0.421. The van der Waals surface area contributed by atoms with Gasteiger partial charge in [0.25, 0.3) is 5.91 Å². The minimum absolute atomic E-state index is 0.0730. The molecule has 0 radical (unpaired) electrons. The van der Waals surface area contributed by atoms with Crippen LogP contribution in [0.3, 0.4) is 0 Å². The highest BCUT2D eigenvalue weighted by Crippen LogP contribution is 2.11. The summed E-state index contributed by atoms with van der Waals surface area (Å²) in [5, 5.41) is 6.47. The van der Waals surface area contributed by atoms with Crippen LogP contribution in [0.2, 0.25) is 0 Å². The summed E-state index contributed by atoms with van der Waals surface area (Å²) in [5.74, 6) is 1.09. The summed E-state index contributed by atoms with van der Waals surface area (Å²) < 4.78 is 4.92. The number of hydrogen-bond donors (Lipinski definition) is 1. The number of anilines is 1. The number of hydrogen-bond acceptors (Lipinski definition) is 5. The molecular weight excluding hydrogens is 332 g/mol. The van der Waals surface area contributed by atoms with Gasteiger partial charge in [-0.2, -0.15) is 0 Å². The van der Waals surface area contributed by atoms with Crippen LogP contribution in [0.15, 0.2) is 34.9 Å². The molecule has 0 unspecified atom stereocenters. The number of piperazine rings is 1. The van der Waals surface area contributed by atoms with Gasteiger partial charge in [-0.25, -0.2) is 0 Å². The van der Waals surface area contributed by atoms with Gasteiger partial charge in [-0.1, -0.05) is 22.9 Å². The molecule has 1 aromatic carbocycles.